The molecule has 0 unspecified atom stereocenters. The zero-order valence-electron chi connectivity index (χ0n) is 8.01. The third-order valence-corrected chi connectivity index (χ3v) is 2.92. The Balaban J connectivity index is 2.25. The van der Waals surface area contributed by atoms with Gasteiger partial charge in [0, 0.05) is 31.0 Å². The molecule has 1 saturated carbocycles. The number of hydrogen-bond acceptors (Lipinski definition) is 2. The van der Waals surface area contributed by atoms with Gasteiger partial charge < -0.3 is 5.73 Å². The Hall–Kier alpha value is -1.10. The molecule has 2 nitrogen and oxygen atoms in total. The van der Waals surface area contributed by atoms with Crippen LogP contribution in [0.4, 0.5) is 13.2 Å². The van der Waals surface area contributed by atoms with Gasteiger partial charge >= 0.3 is 0 Å². The lowest BCUT2D eigenvalue weighted by Gasteiger charge is -2.46. The molecule has 2 rings (SSSR count). The minimum atomic E-state index is -2.65. The molecule has 0 radical (unpaired) electrons. The van der Waals surface area contributed by atoms with E-state index in [2.05, 4.69) is 4.98 Å². The van der Waals surface area contributed by atoms with Crippen LogP contribution in [-0.2, 0) is 5.41 Å². The number of halogens is 3. The summed E-state index contributed by atoms with van der Waals surface area (Å²) in [6.07, 6.45) is 0.741. The van der Waals surface area contributed by atoms with Crippen molar-refractivity contribution in [3.63, 3.8) is 0 Å². The van der Waals surface area contributed by atoms with Crippen molar-refractivity contribution in [1.29, 1.82) is 0 Å². The molecule has 0 spiro atoms. The first-order valence-electron chi connectivity index (χ1n) is 4.67. The van der Waals surface area contributed by atoms with Gasteiger partial charge in [0.2, 0.25) is 11.9 Å². The summed E-state index contributed by atoms with van der Waals surface area (Å²) in [5.41, 5.74) is 5.38. The van der Waals surface area contributed by atoms with E-state index in [1.165, 1.54) is 18.3 Å². The molecule has 0 amide bonds. The molecule has 0 aromatic carbocycles. The molecule has 1 aliphatic carbocycles. The highest BCUT2D eigenvalue weighted by molar-refractivity contribution is 5.28. The van der Waals surface area contributed by atoms with Crippen LogP contribution in [0.1, 0.15) is 18.4 Å². The molecule has 0 saturated heterocycles. The van der Waals surface area contributed by atoms with Crippen molar-refractivity contribution in [3.05, 3.63) is 29.8 Å². The van der Waals surface area contributed by atoms with E-state index in [0.717, 1.165) is 0 Å². The molecule has 1 aliphatic rings. The number of alkyl halides is 2. The highest BCUT2D eigenvalue weighted by Crippen LogP contribution is 2.52. The van der Waals surface area contributed by atoms with Crippen LogP contribution < -0.4 is 5.73 Å². The Morgan fingerprint density at radius 3 is 2.40 bits per heavy atom. The SMILES string of the molecule is NCC1(c2ccc(F)nc2)CC(F)(F)C1. The summed E-state index contributed by atoms with van der Waals surface area (Å²) >= 11 is 0. The van der Waals surface area contributed by atoms with E-state index >= 15 is 0 Å². The maximum absolute atomic E-state index is 12.8. The summed E-state index contributed by atoms with van der Waals surface area (Å²) in [5, 5.41) is 0. The summed E-state index contributed by atoms with van der Waals surface area (Å²) in [5.74, 6) is -3.26. The van der Waals surface area contributed by atoms with Crippen LogP contribution in [0.3, 0.4) is 0 Å². The van der Waals surface area contributed by atoms with Gasteiger partial charge in [-0.25, -0.2) is 13.8 Å². The lowest BCUT2D eigenvalue weighted by Crippen LogP contribution is -2.53. The molecular weight excluding hydrogens is 205 g/mol. The number of nitrogens with zero attached hydrogens (tertiary/aromatic N) is 1. The van der Waals surface area contributed by atoms with Crippen LogP contribution >= 0.6 is 0 Å². The average Bonchev–Trinajstić information content (AvgIpc) is 2.14. The van der Waals surface area contributed by atoms with Crippen LogP contribution in [0.5, 0.6) is 0 Å². The third-order valence-electron chi connectivity index (χ3n) is 2.92. The first kappa shape index (κ1) is 10.4. The van der Waals surface area contributed by atoms with Crippen LogP contribution in [0.25, 0.3) is 0 Å². The molecule has 1 fully saturated rings. The smallest absolute Gasteiger partial charge is 0.250 e. The molecular formula is C10H11F3N2. The molecule has 1 heterocycles. The maximum Gasteiger partial charge on any atom is 0.250 e. The van der Waals surface area contributed by atoms with Crippen molar-refractivity contribution < 1.29 is 13.2 Å². The van der Waals surface area contributed by atoms with E-state index in [1.807, 2.05) is 0 Å². The molecule has 0 aliphatic heterocycles. The van der Waals surface area contributed by atoms with Crippen LogP contribution in [0.2, 0.25) is 0 Å². The molecule has 15 heavy (non-hydrogen) atoms. The van der Waals surface area contributed by atoms with Crippen molar-refractivity contribution in [3.8, 4) is 0 Å². The Bertz CT molecular complexity index is 353. The van der Waals surface area contributed by atoms with Gasteiger partial charge in [0.1, 0.15) is 0 Å². The van der Waals surface area contributed by atoms with Gasteiger partial charge in [-0.2, -0.15) is 4.39 Å². The zero-order chi connectivity index (χ0) is 11.1. The van der Waals surface area contributed by atoms with Crippen molar-refractivity contribution in [1.82, 2.24) is 4.98 Å². The predicted molar refractivity (Wildman–Crippen MR) is 49.1 cm³/mol. The molecule has 0 bridgehead atoms. The van der Waals surface area contributed by atoms with E-state index in [4.69, 9.17) is 5.73 Å². The largest absolute Gasteiger partial charge is 0.330 e. The molecule has 1 aromatic rings. The number of aromatic nitrogens is 1. The first-order chi connectivity index (χ1) is 6.97. The summed E-state index contributed by atoms with van der Waals surface area (Å²) in [4.78, 5) is 3.46. The summed E-state index contributed by atoms with van der Waals surface area (Å²) in [6.45, 7) is 0.135. The van der Waals surface area contributed by atoms with Gasteiger partial charge in [-0.1, -0.05) is 6.07 Å². The van der Waals surface area contributed by atoms with Crippen molar-refractivity contribution >= 4 is 0 Å². The van der Waals surface area contributed by atoms with Gasteiger partial charge in [0.05, 0.1) is 0 Å². The van der Waals surface area contributed by atoms with Crippen LogP contribution in [-0.4, -0.2) is 17.5 Å². The van der Waals surface area contributed by atoms with Crippen LogP contribution in [0.15, 0.2) is 18.3 Å². The second kappa shape index (κ2) is 3.20. The van der Waals surface area contributed by atoms with Gasteiger partial charge in [-0.15, -0.1) is 0 Å². The molecule has 2 N–H and O–H groups in total. The van der Waals surface area contributed by atoms with Gasteiger partial charge in [0.15, 0.2) is 0 Å². The fourth-order valence-electron chi connectivity index (χ4n) is 2.09. The van der Waals surface area contributed by atoms with Crippen molar-refractivity contribution in [2.75, 3.05) is 6.54 Å². The Labute approximate surface area is 85.3 Å². The average molecular weight is 216 g/mol. The predicted octanol–water partition coefficient (Wildman–Crippen LogP) is 1.85. The van der Waals surface area contributed by atoms with Crippen LogP contribution in [0, 0.1) is 5.95 Å². The summed E-state index contributed by atoms with van der Waals surface area (Å²) < 4.78 is 38.2. The Morgan fingerprint density at radius 1 is 1.33 bits per heavy atom. The standard InChI is InChI=1S/C10H11F3N2/c11-8-2-1-7(3-15-8)9(6-14)4-10(12,13)5-9/h1-3H,4-6,14H2. The Kier molecular flexibility index (Phi) is 2.22. The number of nitrogens with two attached hydrogens (primary N) is 1. The lowest BCUT2D eigenvalue weighted by atomic mass is 9.62. The number of hydrogen-bond donors (Lipinski definition) is 1. The molecule has 5 heteroatoms. The normalized spacial score (nSPS) is 22.1. The quantitative estimate of drug-likeness (QED) is 0.766. The summed E-state index contributed by atoms with van der Waals surface area (Å²) in [6, 6.07) is 2.65. The lowest BCUT2D eigenvalue weighted by molar-refractivity contribution is -0.123. The number of rotatable bonds is 2. The summed E-state index contributed by atoms with van der Waals surface area (Å²) in [7, 11) is 0. The van der Waals surface area contributed by atoms with E-state index in [9.17, 15) is 13.2 Å². The number of pyridine rings is 1. The second-order valence-electron chi connectivity index (χ2n) is 4.06. The fourth-order valence-corrected chi connectivity index (χ4v) is 2.09. The van der Waals surface area contributed by atoms with Gasteiger partial charge in [-0.3, -0.25) is 0 Å². The minimum absolute atomic E-state index is 0.135. The molecule has 82 valence electrons. The van der Waals surface area contributed by atoms with E-state index in [1.54, 1.807) is 0 Å². The maximum atomic E-state index is 12.8. The van der Waals surface area contributed by atoms with Crippen molar-refractivity contribution in [2.24, 2.45) is 5.73 Å². The van der Waals surface area contributed by atoms with E-state index < -0.39 is 17.3 Å². The van der Waals surface area contributed by atoms with Crippen molar-refractivity contribution in [2.45, 2.75) is 24.2 Å². The minimum Gasteiger partial charge on any atom is -0.330 e. The zero-order valence-corrected chi connectivity index (χ0v) is 8.01. The highest BCUT2D eigenvalue weighted by atomic mass is 19.3. The highest BCUT2D eigenvalue weighted by Gasteiger charge is 2.56. The Morgan fingerprint density at radius 2 is 2.00 bits per heavy atom. The van der Waals surface area contributed by atoms with E-state index in [-0.39, 0.29) is 19.4 Å². The second-order valence-corrected chi connectivity index (χ2v) is 4.06. The first-order valence-corrected chi connectivity index (χ1v) is 4.67. The van der Waals surface area contributed by atoms with Gasteiger partial charge in [0.25, 0.3) is 0 Å². The topological polar surface area (TPSA) is 38.9 Å². The molecule has 0 atom stereocenters. The monoisotopic (exact) mass is 216 g/mol. The fraction of sp³-hybridized carbons (Fsp3) is 0.500. The van der Waals surface area contributed by atoms with Gasteiger partial charge in [-0.05, 0) is 11.6 Å². The third kappa shape index (κ3) is 1.71. The molecule has 1 aromatic heterocycles. The van der Waals surface area contributed by atoms with E-state index in [0.29, 0.717) is 5.56 Å².